The second-order valence-electron chi connectivity index (χ2n) is 12.6. The van der Waals surface area contributed by atoms with Crippen molar-refractivity contribution in [1.29, 1.82) is 0 Å². The summed E-state index contributed by atoms with van der Waals surface area (Å²) in [6.07, 6.45) is 2.54. The summed E-state index contributed by atoms with van der Waals surface area (Å²) in [6.45, 7) is 2.97. The molecule has 8 heteroatoms. The molecule has 2 aliphatic rings. The van der Waals surface area contributed by atoms with E-state index in [-0.39, 0.29) is 11.8 Å². The van der Waals surface area contributed by atoms with Crippen LogP contribution in [-0.2, 0) is 9.47 Å². The number of benzene rings is 5. The summed E-state index contributed by atoms with van der Waals surface area (Å²) in [7, 11) is 3.50. The Morgan fingerprint density at radius 3 is 1.12 bits per heavy atom. The van der Waals surface area contributed by atoms with Crippen molar-refractivity contribution >= 4 is 23.2 Å². The molecule has 0 spiro atoms. The van der Waals surface area contributed by atoms with Gasteiger partial charge in [0.15, 0.2) is 0 Å². The van der Waals surface area contributed by atoms with Crippen LogP contribution in [-0.4, -0.2) is 64.5 Å². The van der Waals surface area contributed by atoms with Gasteiger partial charge in [0.2, 0.25) is 0 Å². The Morgan fingerprint density at radius 1 is 0.520 bits per heavy atom. The number of carbonyl (C=O) groups is 2. The van der Waals surface area contributed by atoms with Crippen LogP contribution in [0, 0.1) is 0 Å². The number of epoxide rings is 2. The normalized spacial score (nSPS) is 16.0. The monoisotopic (exact) mass is 668 g/mol. The minimum atomic E-state index is -0.122. The third-order valence-electron chi connectivity index (χ3n) is 9.09. The Hall–Kier alpha value is -5.44. The highest BCUT2D eigenvalue weighted by Gasteiger charge is 2.22. The van der Waals surface area contributed by atoms with Gasteiger partial charge in [-0.1, -0.05) is 48.5 Å². The number of hydrogen-bond acceptors (Lipinski definition) is 6. The topological polar surface area (TPSA) is 84.1 Å². The average Bonchev–Trinajstić information content (AvgIpc) is 4.12. The molecule has 50 heavy (non-hydrogen) atoms. The van der Waals surface area contributed by atoms with Crippen molar-refractivity contribution < 1.29 is 28.5 Å². The van der Waals surface area contributed by atoms with Gasteiger partial charge in [0.1, 0.15) is 11.5 Å². The van der Waals surface area contributed by atoms with Crippen molar-refractivity contribution in [3.8, 4) is 33.8 Å². The van der Waals surface area contributed by atoms with Gasteiger partial charge in [-0.2, -0.15) is 0 Å². The highest BCUT2D eigenvalue weighted by molar-refractivity contribution is 6.07. The fourth-order valence-corrected chi connectivity index (χ4v) is 5.71. The van der Waals surface area contributed by atoms with Gasteiger partial charge in [-0.05, 0) is 95.1 Å². The fraction of sp³-hybridized carbons (Fsp3) is 0.238. The molecule has 0 N–H and O–H groups in total. The van der Waals surface area contributed by atoms with Crippen molar-refractivity contribution in [2.75, 3.05) is 50.3 Å². The van der Waals surface area contributed by atoms with Crippen LogP contribution >= 0.6 is 0 Å². The average molecular weight is 669 g/mol. The first kappa shape index (κ1) is 33.1. The lowest BCUT2D eigenvalue weighted by molar-refractivity contribution is 0.0984. The van der Waals surface area contributed by atoms with Crippen molar-refractivity contribution in [2.24, 2.45) is 0 Å². The summed E-state index contributed by atoms with van der Waals surface area (Å²) in [5.41, 5.74) is 6.76. The van der Waals surface area contributed by atoms with Crippen LogP contribution in [0.1, 0.15) is 33.6 Å². The quantitative estimate of drug-likeness (QED) is 0.112. The molecule has 2 saturated heterocycles. The smallest absolute Gasteiger partial charge is 0.258 e. The van der Waals surface area contributed by atoms with E-state index in [2.05, 4.69) is 0 Å². The van der Waals surface area contributed by atoms with E-state index in [0.29, 0.717) is 36.5 Å². The lowest BCUT2D eigenvalue weighted by atomic mass is 10.0. The molecular formula is C42H40N2O6. The van der Waals surface area contributed by atoms with Crippen LogP contribution in [0.3, 0.4) is 0 Å². The van der Waals surface area contributed by atoms with Crippen molar-refractivity contribution in [3.63, 3.8) is 0 Å². The largest absolute Gasteiger partial charge is 0.493 e. The van der Waals surface area contributed by atoms with Crippen molar-refractivity contribution in [1.82, 2.24) is 0 Å². The third kappa shape index (κ3) is 8.22. The molecule has 2 amide bonds. The maximum absolute atomic E-state index is 13.3. The molecule has 7 rings (SSSR count). The second-order valence-corrected chi connectivity index (χ2v) is 12.6. The molecule has 2 atom stereocenters. The predicted octanol–water partition coefficient (Wildman–Crippen LogP) is 7.91. The first-order valence-electron chi connectivity index (χ1n) is 17.0. The van der Waals surface area contributed by atoms with Crippen LogP contribution in [0.25, 0.3) is 22.3 Å². The number of nitrogens with zero attached hydrogens (tertiary/aromatic N) is 2. The third-order valence-corrected chi connectivity index (χ3v) is 9.09. The molecule has 0 aliphatic carbocycles. The first-order valence-corrected chi connectivity index (χ1v) is 17.0. The van der Waals surface area contributed by atoms with Crippen LogP contribution in [0.2, 0.25) is 0 Å². The summed E-state index contributed by atoms with van der Waals surface area (Å²) in [4.78, 5) is 29.9. The molecule has 2 aliphatic heterocycles. The molecule has 254 valence electrons. The van der Waals surface area contributed by atoms with Gasteiger partial charge in [-0.15, -0.1) is 0 Å². The number of ether oxygens (including phenoxy) is 4. The Balaban J connectivity index is 0.921. The molecule has 0 bridgehead atoms. The Labute approximate surface area is 292 Å². The van der Waals surface area contributed by atoms with Crippen LogP contribution < -0.4 is 19.3 Å². The number of amides is 2. The van der Waals surface area contributed by atoms with Gasteiger partial charge >= 0.3 is 0 Å². The summed E-state index contributed by atoms with van der Waals surface area (Å²) in [6, 6.07) is 38.5. The fourth-order valence-electron chi connectivity index (χ4n) is 5.71. The maximum Gasteiger partial charge on any atom is 0.258 e. The molecule has 0 radical (unpaired) electrons. The number of hydrogen-bond donors (Lipinski definition) is 0. The number of anilines is 2. The summed E-state index contributed by atoms with van der Waals surface area (Å²) in [5.74, 6) is 1.42. The van der Waals surface area contributed by atoms with Gasteiger partial charge in [0.05, 0.1) is 38.6 Å². The van der Waals surface area contributed by atoms with E-state index in [1.807, 2.05) is 121 Å². The van der Waals surface area contributed by atoms with E-state index in [1.54, 1.807) is 23.9 Å². The van der Waals surface area contributed by atoms with Crippen LogP contribution in [0.4, 0.5) is 11.4 Å². The Kier molecular flexibility index (Phi) is 9.91. The SMILES string of the molecule is CN(C(=O)c1ccc(-c2ccc(OCCC3CO3)cc2)cc1)c1ccc(N(C)C(=O)c2ccc(-c3ccc(OCCC4CO4)cc3)cc2)cc1. The minimum absolute atomic E-state index is 0.122. The molecule has 0 saturated carbocycles. The Bertz CT molecular complexity index is 1760. The molecule has 8 nitrogen and oxygen atoms in total. The lowest BCUT2D eigenvalue weighted by Crippen LogP contribution is -2.27. The molecule has 5 aromatic carbocycles. The van der Waals surface area contributed by atoms with Crippen molar-refractivity contribution in [3.05, 3.63) is 132 Å². The summed E-state index contributed by atoms with van der Waals surface area (Å²) < 4.78 is 22.0. The second kappa shape index (κ2) is 15.0. The summed E-state index contributed by atoms with van der Waals surface area (Å²) in [5, 5.41) is 0. The highest BCUT2D eigenvalue weighted by Crippen LogP contribution is 2.27. The maximum atomic E-state index is 13.3. The van der Waals surface area contributed by atoms with Gasteiger partial charge in [0, 0.05) is 49.4 Å². The lowest BCUT2D eigenvalue weighted by Gasteiger charge is -2.21. The van der Waals surface area contributed by atoms with Gasteiger partial charge < -0.3 is 28.7 Å². The molecular weight excluding hydrogens is 628 g/mol. The minimum Gasteiger partial charge on any atom is -0.493 e. The standard InChI is InChI=1S/C42H40N2O6/c1-43(41(45)33-7-3-29(4-8-33)31-11-19-37(20-12-31)47-25-23-39-27-49-39)35-15-17-36(18-16-35)44(2)42(46)34-9-5-30(6-10-34)32-13-21-38(22-14-32)48-26-24-40-28-50-40/h3-22,39-40H,23-28H2,1-2H3. The highest BCUT2D eigenvalue weighted by atomic mass is 16.6. The molecule has 2 heterocycles. The summed E-state index contributed by atoms with van der Waals surface area (Å²) >= 11 is 0. The van der Waals surface area contributed by atoms with Crippen LogP contribution in [0.5, 0.6) is 11.5 Å². The predicted molar refractivity (Wildman–Crippen MR) is 195 cm³/mol. The number of rotatable bonds is 14. The van der Waals surface area contributed by atoms with Crippen LogP contribution in [0.15, 0.2) is 121 Å². The zero-order valence-electron chi connectivity index (χ0n) is 28.3. The van der Waals surface area contributed by atoms with Gasteiger partial charge in [-0.3, -0.25) is 9.59 Å². The molecule has 0 aromatic heterocycles. The van der Waals surface area contributed by atoms with Crippen molar-refractivity contribution in [2.45, 2.75) is 25.0 Å². The zero-order valence-corrected chi connectivity index (χ0v) is 28.3. The van der Waals surface area contributed by atoms with E-state index in [4.69, 9.17) is 18.9 Å². The van der Waals surface area contributed by atoms with E-state index < -0.39 is 0 Å². The van der Waals surface area contributed by atoms with E-state index in [0.717, 1.165) is 71.2 Å². The number of carbonyl (C=O) groups excluding carboxylic acids is 2. The van der Waals surface area contributed by atoms with E-state index >= 15 is 0 Å². The molecule has 2 unspecified atom stereocenters. The molecule has 5 aromatic rings. The Morgan fingerprint density at radius 2 is 0.820 bits per heavy atom. The van der Waals surface area contributed by atoms with Gasteiger partial charge in [-0.25, -0.2) is 0 Å². The van der Waals surface area contributed by atoms with Gasteiger partial charge in [0.25, 0.3) is 11.8 Å². The van der Waals surface area contributed by atoms with E-state index in [9.17, 15) is 9.59 Å². The first-order chi connectivity index (χ1) is 24.4. The van der Waals surface area contributed by atoms with E-state index in [1.165, 1.54) is 0 Å². The zero-order chi connectivity index (χ0) is 34.5. The molecule has 2 fully saturated rings.